The lowest BCUT2D eigenvalue weighted by molar-refractivity contribution is 0.623. The van der Waals surface area contributed by atoms with Gasteiger partial charge in [-0.05, 0) is 18.2 Å². The summed E-state index contributed by atoms with van der Waals surface area (Å²) in [7, 11) is 0.469. The summed E-state index contributed by atoms with van der Waals surface area (Å²) in [4.78, 5) is 0.395. The lowest BCUT2D eigenvalue weighted by Gasteiger charge is -2.02. The molecule has 0 radical (unpaired) electrons. The molecule has 1 atom stereocenters. The van der Waals surface area contributed by atoms with E-state index in [0.717, 1.165) is 5.56 Å². The van der Waals surface area contributed by atoms with Crippen molar-refractivity contribution in [3.05, 3.63) is 42.0 Å². The Morgan fingerprint density at radius 2 is 2.24 bits per heavy atom. The lowest BCUT2D eigenvalue weighted by atomic mass is 10.3. The molecule has 1 aromatic carbocycles. The number of aryl methyl sites for hydroxylation is 1. The highest BCUT2D eigenvalue weighted by atomic mass is 32.2. The van der Waals surface area contributed by atoms with Crippen molar-refractivity contribution in [1.82, 2.24) is 9.78 Å². The largest absolute Gasteiger partial charge is 0.399 e. The number of benzene rings is 1. The van der Waals surface area contributed by atoms with E-state index in [1.165, 1.54) is 18.2 Å². The van der Waals surface area contributed by atoms with Gasteiger partial charge in [0, 0.05) is 29.4 Å². The number of nitrogen functional groups attached to an aromatic ring is 1. The Labute approximate surface area is 101 Å². The highest BCUT2D eigenvalue weighted by molar-refractivity contribution is 7.84. The average molecular weight is 253 g/mol. The Bertz CT molecular complexity index is 547. The predicted molar refractivity (Wildman–Crippen MR) is 64.1 cm³/mol. The van der Waals surface area contributed by atoms with Gasteiger partial charge in [-0.3, -0.25) is 8.89 Å². The van der Waals surface area contributed by atoms with Crippen LogP contribution in [-0.4, -0.2) is 14.0 Å². The number of anilines is 1. The molecule has 2 rings (SSSR count). The Morgan fingerprint density at radius 3 is 2.82 bits per heavy atom. The maximum Gasteiger partial charge on any atom is 0.126 e. The van der Waals surface area contributed by atoms with Crippen molar-refractivity contribution in [3.8, 4) is 0 Å². The van der Waals surface area contributed by atoms with Crippen LogP contribution in [0.4, 0.5) is 10.1 Å². The van der Waals surface area contributed by atoms with E-state index in [1.54, 1.807) is 24.1 Å². The van der Waals surface area contributed by atoms with Crippen LogP contribution in [0, 0.1) is 5.82 Å². The van der Waals surface area contributed by atoms with E-state index in [-0.39, 0.29) is 5.69 Å². The molecule has 4 nitrogen and oxygen atoms in total. The Hall–Kier alpha value is -1.69. The molecule has 1 heterocycles. The molecule has 6 heteroatoms. The standard InChI is InChI=1S/C11H12FN3OS/c1-15-6-8(5-14-15)7-17(16)11-3-9(12)2-10(13)4-11/h2-6H,7,13H2,1H3. The number of nitrogens with two attached hydrogens (primary N) is 1. The van der Waals surface area contributed by atoms with Crippen molar-refractivity contribution in [3.63, 3.8) is 0 Å². The van der Waals surface area contributed by atoms with Crippen molar-refractivity contribution in [2.75, 3.05) is 5.73 Å². The molecule has 2 aromatic rings. The van der Waals surface area contributed by atoms with Crippen molar-refractivity contribution in [2.45, 2.75) is 10.6 Å². The SMILES string of the molecule is Cn1cc(CS(=O)c2cc(N)cc(F)c2)cn1. The minimum atomic E-state index is -1.31. The van der Waals surface area contributed by atoms with Crippen molar-refractivity contribution < 1.29 is 8.60 Å². The molecular weight excluding hydrogens is 241 g/mol. The van der Waals surface area contributed by atoms with E-state index in [9.17, 15) is 8.60 Å². The molecule has 1 unspecified atom stereocenters. The molecule has 0 aliphatic carbocycles. The molecular formula is C11H12FN3OS. The summed E-state index contributed by atoms with van der Waals surface area (Å²) < 4.78 is 26.7. The summed E-state index contributed by atoms with van der Waals surface area (Å²) in [5.41, 5.74) is 6.62. The molecule has 1 aromatic heterocycles. The molecule has 0 spiro atoms. The summed E-state index contributed by atoms with van der Waals surface area (Å²) in [6.07, 6.45) is 3.42. The van der Waals surface area contributed by atoms with E-state index in [0.29, 0.717) is 10.6 Å². The number of hydrogen-bond donors (Lipinski definition) is 1. The van der Waals surface area contributed by atoms with Gasteiger partial charge in [0.2, 0.25) is 0 Å². The van der Waals surface area contributed by atoms with Gasteiger partial charge in [0.1, 0.15) is 5.82 Å². The van der Waals surface area contributed by atoms with Gasteiger partial charge in [-0.2, -0.15) is 5.10 Å². The highest BCUT2D eigenvalue weighted by Gasteiger charge is 2.08. The number of nitrogens with zero attached hydrogens (tertiary/aromatic N) is 2. The van der Waals surface area contributed by atoms with Gasteiger partial charge in [-0.15, -0.1) is 0 Å². The summed E-state index contributed by atoms with van der Waals surface area (Å²) in [6.45, 7) is 0. The number of aromatic nitrogens is 2. The molecule has 0 aliphatic heterocycles. The monoisotopic (exact) mass is 253 g/mol. The topological polar surface area (TPSA) is 60.9 Å². The number of halogens is 1. The zero-order valence-electron chi connectivity index (χ0n) is 9.26. The van der Waals surface area contributed by atoms with Crippen LogP contribution in [0.2, 0.25) is 0 Å². The Balaban J connectivity index is 2.19. The van der Waals surface area contributed by atoms with Crippen LogP contribution in [0.3, 0.4) is 0 Å². The molecule has 0 amide bonds. The molecule has 90 valence electrons. The molecule has 2 N–H and O–H groups in total. The fourth-order valence-corrected chi connectivity index (χ4v) is 2.63. The summed E-state index contributed by atoms with van der Waals surface area (Å²) in [5, 5.41) is 3.98. The van der Waals surface area contributed by atoms with E-state index in [4.69, 9.17) is 5.73 Å². The maximum atomic E-state index is 13.1. The van der Waals surface area contributed by atoms with Gasteiger partial charge >= 0.3 is 0 Å². The smallest absolute Gasteiger partial charge is 0.126 e. The molecule has 0 bridgehead atoms. The van der Waals surface area contributed by atoms with Crippen molar-refractivity contribution >= 4 is 16.5 Å². The Morgan fingerprint density at radius 1 is 1.47 bits per heavy atom. The maximum absolute atomic E-state index is 13.1. The van der Waals surface area contributed by atoms with Crippen molar-refractivity contribution in [2.24, 2.45) is 7.05 Å². The predicted octanol–water partition coefficient (Wildman–Crippen LogP) is 1.45. The third-order valence-corrected chi connectivity index (χ3v) is 3.57. The number of rotatable bonds is 3. The minimum absolute atomic E-state index is 0.277. The van der Waals surface area contributed by atoms with E-state index in [2.05, 4.69) is 5.10 Å². The fourth-order valence-electron chi connectivity index (χ4n) is 1.50. The van der Waals surface area contributed by atoms with Gasteiger partial charge in [0.25, 0.3) is 0 Å². The van der Waals surface area contributed by atoms with Gasteiger partial charge < -0.3 is 5.73 Å². The lowest BCUT2D eigenvalue weighted by Crippen LogP contribution is -1.98. The highest BCUT2D eigenvalue weighted by Crippen LogP contribution is 2.17. The summed E-state index contributed by atoms with van der Waals surface area (Å²) >= 11 is 0. The second-order valence-electron chi connectivity index (χ2n) is 3.73. The van der Waals surface area contributed by atoms with Gasteiger partial charge in [-0.25, -0.2) is 4.39 Å². The van der Waals surface area contributed by atoms with Crippen LogP contribution >= 0.6 is 0 Å². The number of hydrogen-bond acceptors (Lipinski definition) is 3. The first-order valence-electron chi connectivity index (χ1n) is 4.96. The second-order valence-corrected chi connectivity index (χ2v) is 5.18. The van der Waals surface area contributed by atoms with Gasteiger partial charge in [0.05, 0.1) is 22.7 Å². The second kappa shape index (κ2) is 4.67. The first-order valence-corrected chi connectivity index (χ1v) is 6.28. The molecule has 0 saturated carbocycles. The fraction of sp³-hybridized carbons (Fsp3) is 0.182. The quantitative estimate of drug-likeness (QED) is 0.842. The first-order chi connectivity index (χ1) is 8.04. The molecule has 17 heavy (non-hydrogen) atoms. The average Bonchev–Trinajstić information content (AvgIpc) is 2.62. The van der Waals surface area contributed by atoms with Crippen LogP contribution in [0.1, 0.15) is 5.56 Å². The van der Waals surface area contributed by atoms with E-state index < -0.39 is 16.6 Å². The summed E-state index contributed by atoms with van der Waals surface area (Å²) in [6, 6.07) is 3.96. The van der Waals surface area contributed by atoms with Crippen LogP contribution in [-0.2, 0) is 23.6 Å². The van der Waals surface area contributed by atoms with Gasteiger partial charge in [0.15, 0.2) is 0 Å². The third-order valence-electron chi connectivity index (χ3n) is 2.21. The van der Waals surface area contributed by atoms with Crippen LogP contribution < -0.4 is 5.73 Å². The van der Waals surface area contributed by atoms with E-state index in [1.807, 2.05) is 0 Å². The van der Waals surface area contributed by atoms with Crippen LogP contribution in [0.15, 0.2) is 35.5 Å². The van der Waals surface area contributed by atoms with Gasteiger partial charge in [-0.1, -0.05) is 0 Å². The molecule has 0 saturated heterocycles. The zero-order valence-corrected chi connectivity index (χ0v) is 10.1. The minimum Gasteiger partial charge on any atom is -0.399 e. The van der Waals surface area contributed by atoms with E-state index >= 15 is 0 Å². The molecule has 0 aliphatic rings. The molecule has 0 fully saturated rings. The van der Waals surface area contributed by atoms with Crippen LogP contribution in [0.25, 0.3) is 0 Å². The zero-order chi connectivity index (χ0) is 12.4. The van der Waals surface area contributed by atoms with Crippen molar-refractivity contribution in [1.29, 1.82) is 0 Å². The first kappa shape index (κ1) is 11.8. The van der Waals surface area contributed by atoms with Crippen LogP contribution in [0.5, 0.6) is 0 Å². The third kappa shape index (κ3) is 2.91. The summed E-state index contributed by atoms with van der Waals surface area (Å²) in [5.74, 6) is -0.170. The normalized spacial score (nSPS) is 12.6. The Kier molecular flexibility index (Phi) is 3.23.